The van der Waals surface area contributed by atoms with Gasteiger partial charge in [-0.05, 0) is 45.4 Å². The number of ether oxygens (including phenoxy) is 1. The number of rotatable bonds is 4. The molecule has 0 radical (unpaired) electrons. The summed E-state index contributed by atoms with van der Waals surface area (Å²) in [5.74, 6) is 0. The van der Waals surface area contributed by atoms with E-state index in [1.165, 1.54) is 0 Å². The van der Waals surface area contributed by atoms with Gasteiger partial charge in [-0.2, -0.15) is 10.2 Å². The first-order chi connectivity index (χ1) is 11.4. The smallest absolute Gasteiger partial charge is 0.407 e. The lowest BCUT2D eigenvalue weighted by Gasteiger charge is -2.19. The van der Waals surface area contributed by atoms with Crippen LogP contribution in [0.5, 0.6) is 0 Å². The number of carbonyl (C=O) groups is 1. The Hall–Kier alpha value is -2.54. The van der Waals surface area contributed by atoms with Gasteiger partial charge in [0, 0.05) is 24.9 Å². The van der Waals surface area contributed by atoms with Gasteiger partial charge in [-0.1, -0.05) is 6.07 Å². The van der Waals surface area contributed by atoms with E-state index < -0.39 is 11.7 Å². The van der Waals surface area contributed by atoms with Gasteiger partial charge < -0.3 is 15.2 Å². The number of aliphatic hydroxyl groups is 1. The molecule has 0 fully saturated rings. The first-order valence-corrected chi connectivity index (χ1v) is 7.68. The average Bonchev–Trinajstić information content (AvgIpc) is 2.56. The SMILES string of the molecule is CC(C)(C)OC(=O)NCCCO.c1ccc(-c2ccnnc2)nc1. The molecule has 0 atom stereocenters. The molecule has 2 N–H and O–H groups in total. The molecule has 0 aliphatic rings. The van der Waals surface area contributed by atoms with Gasteiger partial charge in [-0.25, -0.2) is 4.79 Å². The van der Waals surface area contributed by atoms with Gasteiger partial charge in [-0.3, -0.25) is 4.98 Å². The summed E-state index contributed by atoms with van der Waals surface area (Å²) in [5, 5.41) is 18.4. The molecule has 2 heterocycles. The van der Waals surface area contributed by atoms with E-state index in [0.29, 0.717) is 13.0 Å². The summed E-state index contributed by atoms with van der Waals surface area (Å²) in [5.41, 5.74) is 1.46. The number of pyridine rings is 1. The van der Waals surface area contributed by atoms with Crippen LogP contribution in [0.3, 0.4) is 0 Å². The number of carbonyl (C=O) groups excluding carboxylic acids is 1. The average molecular weight is 332 g/mol. The van der Waals surface area contributed by atoms with Crippen molar-refractivity contribution in [3.8, 4) is 11.3 Å². The minimum absolute atomic E-state index is 0.0792. The predicted octanol–water partition coefficient (Wildman–Crippen LogP) is 2.43. The van der Waals surface area contributed by atoms with Crippen molar-refractivity contribution in [3.05, 3.63) is 42.9 Å². The first kappa shape index (κ1) is 19.5. The van der Waals surface area contributed by atoms with Gasteiger partial charge in [0.2, 0.25) is 0 Å². The quantitative estimate of drug-likeness (QED) is 0.835. The van der Waals surface area contributed by atoms with E-state index in [9.17, 15) is 4.79 Å². The van der Waals surface area contributed by atoms with Crippen LogP contribution in [0.25, 0.3) is 11.3 Å². The van der Waals surface area contributed by atoms with Crippen molar-refractivity contribution in [1.82, 2.24) is 20.5 Å². The minimum Gasteiger partial charge on any atom is -0.444 e. The van der Waals surface area contributed by atoms with Crippen LogP contribution < -0.4 is 5.32 Å². The number of nitrogens with zero attached hydrogens (tertiary/aromatic N) is 3. The molecule has 7 nitrogen and oxygen atoms in total. The van der Waals surface area contributed by atoms with Gasteiger partial charge in [0.15, 0.2) is 0 Å². The third-order valence-corrected chi connectivity index (χ3v) is 2.55. The lowest BCUT2D eigenvalue weighted by molar-refractivity contribution is 0.0525. The molecule has 0 spiro atoms. The standard InChI is InChI=1S/C9H7N3.C8H17NO3/c1-2-5-10-9(3-1)8-4-6-11-12-7-8;1-8(2,3)12-7(11)9-5-4-6-10/h1-7H;10H,4-6H2,1-3H3,(H,9,11). The number of aliphatic hydroxyl groups excluding tert-OH is 1. The molecule has 0 aliphatic carbocycles. The fourth-order valence-corrected chi connectivity index (χ4v) is 1.56. The van der Waals surface area contributed by atoms with Crippen molar-refractivity contribution in [2.75, 3.05) is 13.2 Å². The van der Waals surface area contributed by atoms with Crippen LogP contribution in [0.2, 0.25) is 0 Å². The van der Waals surface area contributed by atoms with Gasteiger partial charge in [-0.15, -0.1) is 0 Å². The highest BCUT2D eigenvalue weighted by atomic mass is 16.6. The Morgan fingerprint density at radius 2 is 2.00 bits per heavy atom. The Morgan fingerprint density at radius 3 is 2.54 bits per heavy atom. The summed E-state index contributed by atoms with van der Waals surface area (Å²) >= 11 is 0. The van der Waals surface area contributed by atoms with Gasteiger partial charge in [0.05, 0.1) is 18.1 Å². The zero-order chi connectivity index (χ0) is 17.8. The Labute approximate surface area is 142 Å². The molecular formula is C17H24N4O3. The second-order valence-corrected chi connectivity index (χ2v) is 5.85. The summed E-state index contributed by atoms with van der Waals surface area (Å²) in [6, 6.07) is 7.66. The highest BCUT2D eigenvalue weighted by Crippen LogP contribution is 2.12. The van der Waals surface area contributed by atoms with E-state index in [1.54, 1.807) is 39.4 Å². The molecule has 0 saturated carbocycles. The van der Waals surface area contributed by atoms with Gasteiger partial charge in [0.25, 0.3) is 0 Å². The first-order valence-electron chi connectivity index (χ1n) is 7.68. The van der Waals surface area contributed by atoms with Crippen LogP contribution in [-0.2, 0) is 4.74 Å². The van der Waals surface area contributed by atoms with E-state index in [0.717, 1.165) is 11.3 Å². The van der Waals surface area contributed by atoms with Crippen molar-refractivity contribution in [1.29, 1.82) is 0 Å². The maximum atomic E-state index is 10.9. The second-order valence-electron chi connectivity index (χ2n) is 5.85. The van der Waals surface area contributed by atoms with Crippen LogP contribution in [0, 0.1) is 0 Å². The molecule has 2 aromatic rings. The molecule has 7 heteroatoms. The topological polar surface area (TPSA) is 97.2 Å². The minimum atomic E-state index is -0.455. The molecule has 0 unspecified atom stereocenters. The number of hydrogen-bond donors (Lipinski definition) is 2. The third kappa shape index (κ3) is 8.79. The molecule has 0 aliphatic heterocycles. The van der Waals surface area contributed by atoms with E-state index in [1.807, 2.05) is 24.3 Å². The molecule has 24 heavy (non-hydrogen) atoms. The molecule has 130 valence electrons. The van der Waals surface area contributed by atoms with Crippen LogP contribution in [0.4, 0.5) is 4.79 Å². The Kier molecular flexibility index (Phi) is 8.35. The Balaban J connectivity index is 0.000000240. The zero-order valence-electron chi connectivity index (χ0n) is 14.3. The molecule has 2 aromatic heterocycles. The van der Waals surface area contributed by atoms with E-state index in [2.05, 4.69) is 20.5 Å². The maximum Gasteiger partial charge on any atom is 0.407 e. The summed E-state index contributed by atoms with van der Waals surface area (Å²) in [6.45, 7) is 5.94. The van der Waals surface area contributed by atoms with E-state index in [4.69, 9.17) is 9.84 Å². The Bertz CT molecular complexity index is 548. The largest absolute Gasteiger partial charge is 0.444 e. The van der Waals surface area contributed by atoms with Crippen LogP contribution in [-0.4, -0.2) is 45.1 Å². The number of aromatic nitrogens is 3. The predicted molar refractivity (Wildman–Crippen MR) is 91.2 cm³/mol. The molecule has 1 amide bonds. The van der Waals surface area contributed by atoms with Crippen molar-refractivity contribution < 1.29 is 14.6 Å². The van der Waals surface area contributed by atoms with Crippen molar-refractivity contribution in [2.24, 2.45) is 0 Å². The van der Waals surface area contributed by atoms with Crippen LogP contribution >= 0.6 is 0 Å². The fourth-order valence-electron chi connectivity index (χ4n) is 1.56. The summed E-state index contributed by atoms with van der Waals surface area (Å²) < 4.78 is 4.95. The molecule has 2 rings (SSSR count). The lowest BCUT2D eigenvalue weighted by atomic mass is 10.2. The summed E-state index contributed by atoms with van der Waals surface area (Å²) in [4.78, 5) is 15.1. The Morgan fingerprint density at radius 1 is 1.21 bits per heavy atom. The highest BCUT2D eigenvalue weighted by Gasteiger charge is 2.15. The number of nitrogens with one attached hydrogen (secondary N) is 1. The molecule has 0 bridgehead atoms. The van der Waals surface area contributed by atoms with Gasteiger partial charge >= 0.3 is 6.09 Å². The molecular weight excluding hydrogens is 308 g/mol. The van der Waals surface area contributed by atoms with Crippen molar-refractivity contribution in [3.63, 3.8) is 0 Å². The fraction of sp³-hybridized carbons (Fsp3) is 0.412. The van der Waals surface area contributed by atoms with E-state index in [-0.39, 0.29) is 6.61 Å². The molecule has 0 saturated heterocycles. The third-order valence-electron chi connectivity index (χ3n) is 2.55. The maximum absolute atomic E-state index is 10.9. The van der Waals surface area contributed by atoms with Crippen molar-refractivity contribution in [2.45, 2.75) is 32.8 Å². The van der Waals surface area contributed by atoms with Crippen LogP contribution in [0.15, 0.2) is 42.9 Å². The number of amides is 1. The zero-order valence-corrected chi connectivity index (χ0v) is 14.3. The van der Waals surface area contributed by atoms with Crippen LogP contribution in [0.1, 0.15) is 27.2 Å². The normalized spacial score (nSPS) is 10.3. The highest BCUT2D eigenvalue weighted by molar-refractivity contribution is 5.67. The van der Waals surface area contributed by atoms with E-state index >= 15 is 0 Å². The molecule has 0 aromatic carbocycles. The van der Waals surface area contributed by atoms with Crippen molar-refractivity contribution >= 4 is 6.09 Å². The van der Waals surface area contributed by atoms with Gasteiger partial charge in [0.1, 0.15) is 5.60 Å². The lowest BCUT2D eigenvalue weighted by Crippen LogP contribution is -2.33. The monoisotopic (exact) mass is 332 g/mol. The number of hydrogen-bond acceptors (Lipinski definition) is 6. The summed E-state index contributed by atoms with van der Waals surface area (Å²) in [6.07, 6.45) is 5.23. The number of alkyl carbamates (subject to hydrolysis) is 1. The second kappa shape index (κ2) is 10.3. The summed E-state index contributed by atoms with van der Waals surface area (Å²) in [7, 11) is 0.